The lowest BCUT2D eigenvalue weighted by Gasteiger charge is -2.08. The van der Waals surface area contributed by atoms with E-state index in [1.807, 2.05) is 0 Å². The molecule has 0 bridgehead atoms. The molecule has 0 aliphatic heterocycles. The number of aromatic nitrogens is 2. The third-order valence-corrected chi connectivity index (χ3v) is 2.49. The molecular weight excluding hydrogens is 249 g/mol. The van der Waals surface area contributed by atoms with Crippen LogP contribution in [0.3, 0.4) is 0 Å². The molecule has 0 spiro atoms. The van der Waals surface area contributed by atoms with Crippen molar-refractivity contribution in [2.75, 3.05) is 7.11 Å². The molecule has 2 aromatic heterocycles. The van der Waals surface area contributed by atoms with Crippen molar-refractivity contribution in [1.29, 1.82) is 0 Å². The molecule has 6 heteroatoms. The van der Waals surface area contributed by atoms with E-state index in [1.165, 1.54) is 25.4 Å². The van der Waals surface area contributed by atoms with Gasteiger partial charge in [-0.2, -0.15) is 4.39 Å². The predicted octanol–water partition coefficient (Wildman–Crippen LogP) is 1.55. The van der Waals surface area contributed by atoms with Crippen LogP contribution in [0, 0.1) is 5.95 Å². The van der Waals surface area contributed by atoms with Crippen molar-refractivity contribution in [1.82, 2.24) is 15.3 Å². The first kappa shape index (κ1) is 12.9. The van der Waals surface area contributed by atoms with E-state index in [-0.39, 0.29) is 12.1 Å². The highest BCUT2D eigenvalue weighted by atomic mass is 19.1. The number of pyridine rings is 2. The molecule has 19 heavy (non-hydrogen) atoms. The summed E-state index contributed by atoms with van der Waals surface area (Å²) in [5, 5.41) is 2.59. The van der Waals surface area contributed by atoms with E-state index in [2.05, 4.69) is 15.3 Å². The van der Waals surface area contributed by atoms with Crippen LogP contribution >= 0.6 is 0 Å². The zero-order valence-electron chi connectivity index (χ0n) is 10.3. The van der Waals surface area contributed by atoms with Gasteiger partial charge in [-0.15, -0.1) is 0 Å². The summed E-state index contributed by atoms with van der Waals surface area (Å²) in [5.74, 6) is -0.899. The van der Waals surface area contributed by atoms with Gasteiger partial charge in [-0.05, 0) is 18.2 Å². The van der Waals surface area contributed by atoms with E-state index in [0.717, 1.165) is 0 Å². The number of ether oxygens (including phenoxy) is 1. The molecular formula is C13H12FN3O2. The molecule has 0 saturated heterocycles. The van der Waals surface area contributed by atoms with E-state index in [0.29, 0.717) is 11.4 Å². The summed E-state index contributed by atoms with van der Waals surface area (Å²) in [4.78, 5) is 19.2. The summed E-state index contributed by atoms with van der Waals surface area (Å²) in [6, 6.07) is 6.38. The van der Waals surface area contributed by atoms with Crippen LogP contribution in [0.5, 0.6) is 5.88 Å². The van der Waals surface area contributed by atoms with Gasteiger partial charge in [0.25, 0.3) is 5.91 Å². The van der Waals surface area contributed by atoms with Crippen molar-refractivity contribution >= 4 is 5.91 Å². The number of hydrogen-bond acceptors (Lipinski definition) is 4. The third kappa shape index (κ3) is 3.04. The Morgan fingerprint density at radius 3 is 2.79 bits per heavy atom. The number of hydrogen-bond donors (Lipinski definition) is 1. The summed E-state index contributed by atoms with van der Waals surface area (Å²) >= 11 is 0. The summed E-state index contributed by atoms with van der Waals surface area (Å²) in [6.07, 6.45) is 2.88. The highest BCUT2D eigenvalue weighted by Gasteiger charge is 2.12. The van der Waals surface area contributed by atoms with Crippen LogP contribution in [-0.2, 0) is 6.54 Å². The van der Waals surface area contributed by atoms with Gasteiger partial charge < -0.3 is 10.1 Å². The minimum absolute atomic E-state index is 0.0923. The fraction of sp³-hybridized carbons (Fsp3) is 0.154. The average molecular weight is 261 g/mol. The summed E-state index contributed by atoms with van der Waals surface area (Å²) in [5.41, 5.74) is 0.619. The van der Waals surface area contributed by atoms with E-state index in [1.54, 1.807) is 18.3 Å². The maximum absolute atomic E-state index is 13.3. The topological polar surface area (TPSA) is 64.1 Å². The van der Waals surface area contributed by atoms with Crippen molar-refractivity contribution < 1.29 is 13.9 Å². The Morgan fingerprint density at radius 1 is 1.32 bits per heavy atom. The normalized spacial score (nSPS) is 10.0. The highest BCUT2D eigenvalue weighted by Crippen LogP contribution is 2.13. The number of carbonyl (C=O) groups is 1. The molecule has 1 amide bonds. The Hall–Kier alpha value is -2.50. The van der Waals surface area contributed by atoms with E-state index >= 15 is 0 Å². The molecule has 0 aromatic carbocycles. The van der Waals surface area contributed by atoms with Gasteiger partial charge in [0, 0.05) is 24.5 Å². The van der Waals surface area contributed by atoms with Crippen LogP contribution in [0.15, 0.2) is 36.7 Å². The molecule has 0 unspecified atom stereocenters. The van der Waals surface area contributed by atoms with Crippen molar-refractivity contribution in [3.63, 3.8) is 0 Å². The number of nitrogens with one attached hydrogen (secondary N) is 1. The number of rotatable bonds is 4. The number of methoxy groups -OCH3 is 1. The van der Waals surface area contributed by atoms with Gasteiger partial charge in [0.2, 0.25) is 11.8 Å². The van der Waals surface area contributed by atoms with E-state index in [9.17, 15) is 9.18 Å². The van der Waals surface area contributed by atoms with Crippen LogP contribution in [0.25, 0.3) is 0 Å². The van der Waals surface area contributed by atoms with E-state index in [4.69, 9.17) is 4.74 Å². The number of carbonyl (C=O) groups excluding carboxylic acids is 1. The summed E-state index contributed by atoms with van der Waals surface area (Å²) < 4.78 is 18.4. The molecule has 5 nitrogen and oxygen atoms in total. The van der Waals surface area contributed by atoms with Crippen LogP contribution in [0.4, 0.5) is 4.39 Å². The Kier molecular flexibility index (Phi) is 4.02. The smallest absolute Gasteiger partial charge is 0.256 e. The van der Waals surface area contributed by atoms with Crippen LogP contribution < -0.4 is 10.1 Å². The molecule has 0 atom stereocenters. The Bertz CT molecular complexity index is 590. The molecule has 2 rings (SSSR count). The van der Waals surface area contributed by atoms with Gasteiger partial charge in [0.05, 0.1) is 12.7 Å². The van der Waals surface area contributed by atoms with Crippen molar-refractivity contribution in [3.8, 4) is 5.88 Å². The summed E-state index contributed by atoms with van der Waals surface area (Å²) in [7, 11) is 1.49. The number of halogens is 1. The quantitative estimate of drug-likeness (QED) is 0.848. The first-order valence-corrected chi connectivity index (χ1v) is 5.59. The molecule has 0 radical (unpaired) electrons. The average Bonchev–Trinajstić information content (AvgIpc) is 2.45. The SMILES string of the molecule is COc1ncccc1CNC(=O)c1cccnc1F. The molecule has 0 saturated carbocycles. The van der Waals surface area contributed by atoms with Gasteiger partial charge in [-0.25, -0.2) is 9.97 Å². The van der Waals surface area contributed by atoms with Crippen molar-refractivity contribution in [2.24, 2.45) is 0 Å². The maximum Gasteiger partial charge on any atom is 0.256 e. The van der Waals surface area contributed by atoms with Gasteiger partial charge in [0.15, 0.2) is 0 Å². The lowest BCUT2D eigenvalue weighted by molar-refractivity contribution is 0.0945. The Morgan fingerprint density at radius 2 is 2.05 bits per heavy atom. The Balaban J connectivity index is 2.07. The van der Waals surface area contributed by atoms with Gasteiger partial charge in [-0.3, -0.25) is 4.79 Å². The second-order valence-electron chi connectivity index (χ2n) is 3.70. The Labute approximate surface area is 109 Å². The summed E-state index contributed by atoms with van der Waals surface area (Å²) in [6.45, 7) is 0.199. The molecule has 0 fully saturated rings. The minimum atomic E-state index is -0.793. The van der Waals surface area contributed by atoms with Gasteiger partial charge in [-0.1, -0.05) is 6.07 Å². The second kappa shape index (κ2) is 5.90. The zero-order valence-corrected chi connectivity index (χ0v) is 10.3. The second-order valence-corrected chi connectivity index (χ2v) is 3.70. The first-order chi connectivity index (χ1) is 9.22. The highest BCUT2D eigenvalue weighted by molar-refractivity contribution is 5.94. The molecule has 2 heterocycles. The fourth-order valence-corrected chi connectivity index (χ4v) is 1.57. The van der Waals surface area contributed by atoms with Gasteiger partial charge >= 0.3 is 0 Å². The number of amides is 1. The molecule has 0 aliphatic carbocycles. The monoisotopic (exact) mass is 261 g/mol. The van der Waals surface area contributed by atoms with Gasteiger partial charge in [0.1, 0.15) is 0 Å². The van der Waals surface area contributed by atoms with Crippen molar-refractivity contribution in [2.45, 2.75) is 6.54 Å². The zero-order chi connectivity index (χ0) is 13.7. The molecule has 1 N–H and O–H groups in total. The molecule has 2 aromatic rings. The van der Waals surface area contributed by atoms with E-state index < -0.39 is 11.9 Å². The first-order valence-electron chi connectivity index (χ1n) is 5.59. The third-order valence-electron chi connectivity index (χ3n) is 2.49. The lowest BCUT2D eigenvalue weighted by Crippen LogP contribution is -2.24. The van der Waals surface area contributed by atoms with Crippen molar-refractivity contribution in [3.05, 3.63) is 53.7 Å². The maximum atomic E-state index is 13.3. The minimum Gasteiger partial charge on any atom is -0.481 e. The molecule has 0 aliphatic rings. The number of nitrogens with zero attached hydrogens (tertiary/aromatic N) is 2. The molecule has 98 valence electrons. The standard InChI is InChI=1S/C13H12FN3O2/c1-19-13-9(4-2-7-16-13)8-17-12(18)10-5-3-6-15-11(10)14/h2-7H,8H2,1H3,(H,17,18). The van der Waals surface area contributed by atoms with Crippen LogP contribution in [0.1, 0.15) is 15.9 Å². The lowest BCUT2D eigenvalue weighted by atomic mass is 10.2. The fourth-order valence-electron chi connectivity index (χ4n) is 1.57. The van der Waals surface area contributed by atoms with Crippen LogP contribution in [0.2, 0.25) is 0 Å². The van der Waals surface area contributed by atoms with Crippen LogP contribution in [-0.4, -0.2) is 23.0 Å². The largest absolute Gasteiger partial charge is 0.481 e. The predicted molar refractivity (Wildman–Crippen MR) is 66.2 cm³/mol.